The van der Waals surface area contributed by atoms with Crippen molar-refractivity contribution in [3.05, 3.63) is 35.5 Å². The summed E-state index contributed by atoms with van der Waals surface area (Å²) in [5.74, 6) is 0.458. The van der Waals surface area contributed by atoms with Gasteiger partial charge in [-0.1, -0.05) is 18.2 Å². The molecule has 0 spiro atoms. The normalized spacial score (nSPS) is 21.4. The van der Waals surface area contributed by atoms with Gasteiger partial charge in [-0.05, 0) is 57.1 Å². The summed E-state index contributed by atoms with van der Waals surface area (Å²) in [5, 5.41) is 1.31. The Bertz CT molecular complexity index is 725. The number of hydrogen-bond donors (Lipinski definition) is 0. The van der Waals surface area contributed by atoms with Gasteiger partial charge in [-0.2, -0.15) is 0 Å². The van der Waals surface area contributed by atoms with Gasteiger partial charge in [-0.15, -0.1) is 0 Å². The van der Waals surface area contributed by atoms with Crippen LogP contribution in [-0.2, 0) is 17.8 Å². The van der Waals surface area contributed by atoms with Crippen LogP contribution in [0.15, 0.2) is 24.3 Å². The van der Waals surface area contributed by atoms with Crippen molar-refractivity contribution in [2.45, 2.75) is 57.9 Å². The molecule has 0 radical (unpaired) electrons. The number of fused-ring (bicyclic) bond motifs is 3. The van der Waals surface area contributed by atoms with Crippen molar-refractivity contribution in [1.82, 2.24) is 9.47 Å². The number of likely N-dealkylation sites (tertiary alicyclic amines) is 1. The van der Waals surface area contributed by atoms with Crippen molar-refractivity contribution in [1.29, 1.82) is 0 Å². The molecule has 0 bridgehead atoms. The zero-order chi connectivity index (χ0) is 15.8. The van der Waals surface area contributed by atoms with E-state index in [-0.39, 0.29) is 5.92 Å². The van der Waals surface area contributed by atoms with Gasteiger partial charge in [-0.3, -0.25) is 4.79 Å². The van der Waals surface area contributed by atoms with E-state index < -0.39 is 0 Å². The fourth-order valence-electron chi connectivity index (χ4n) is 4.60. The first-order valence-electron chi connectivity index (χ1n) is 9.20. The summed E-state index contributed by atoms with van der Waals surface area (Å²) in [5.41, 5.74) is 4.05. The Morgan fingerprint density at radius 2 is 1.91 bits per heavy atom. The van der Waals surface area contributed by atoms with Gasteiger partial charge in [0, 0.05) is 36.2 Å². The molecule has 1 aromatic carbocycles. The fraction of sp³-hybridized carbons (Fsp3) is 0.550. The van der Waals surface area contributed by atoms with Crippen molar-refractivity contribution >= 4 is 16.8 Å². The van der Waals surface area contributed by atoms with E-state index in [1.54, 1.807) is 0 Å². The van der Waals surface area contributed by atoms with Crippen molar-refractivity contribution in [3.8, 4) is 0 Å². The van der Waals surface area contributed by atoms with Gasteiger partial charge in [0.05, 0.1) is 5.92 Å². The van der Waals surface area contributed by atoms with Crippen LogP contribution in [-0.4, -0.2) is 28.5 Å². The van der Waals surface area contributed by atoms with Crippen LogP contribution in [0, 0.1) is 0 Å². The molecule has 1 saturated heterocycles. The molecule has 3 heteroatoms. The van der Waals surface area contributed by atoms with Gasteiger partial charge in [0.25, 0.3) is 0 Å². The summed E-state index contributed by atoms with van der Waals surface area (Å²) < 4.78 is 2.43. The van der Waals surface area contributed by atoms with Gasteiger partial charge in [0.2, 0.25) is 5.91 Å². The van der Waals surface area contributed by atoms with E-state index in [0.29, 0.717) is 5.91 Å². The SMILES string of the molecule is CCn1c2c(c3ccccc31)C(C(=O)N1CCCCC1)CCC2. The van der Waals surface area contributed by atoms with Crippen LogP contribution in [0.1, 0.15) is 56.2 Å². The number of benzene rings is 1. The van der Waals surface area contributed by atoms with Gasteiger partial charge >= 0.3 is 0 Å². The maximum Gasteiger partial charge on any atom is 0.230 e. The Kier molecular flexibility index (Phi) is 3.88. The quantitative estimate of drug-likeness (QED) is 0.820. The topological polar surface area (TPSA) is 25.2 Å². The van der Waals surface area contributed by atoms with Crippen molar-refractivity contribution in [2.24, 2.45) is 0 Å². The molecule has 2 heterocycles. The summed E-state index contributed by atoms with van der Waals surface area (Å²) in [6.07, 6.45) is 6.87. The molecule has 3 nitrogen and oxygen atoms in total. The number of amides is 1. The highest BCUT2D eigenvalue weighted by Crippen LogP contribution is 2.40. The van der Waals surface area contributed by atoms with Crippen LogP contribution < -0.4 is 0 Å². The molecule has 1 fully saturated rings. The van der Waals surface area contributed by atoms with E-state index >= 15 is 0 Å². The molecule has 1 amide bonds. The summed E-state index contributed by atoms with van der Waals surface area (Å²) in [7, 11) is 0. The van der Waals surface area contributed by atoms with Crippen LogP contribution in [0.25, 0.3) is 10.9 Å². The maximum atomic E-state index is 13.2. The minimum Gasteiger partial charge on any atom is -0.345 e. The second-order valence-electron chi connectivity index (χ2n) is 6.95. The van der Waals surface area contributed by atoms with Crippen LogP contribution in [0.4, 0.5) is 0 Å². The predicted octanol–water partition coefficient (Wildman–Crippen LogP) is 4.09. The third kappa shape index (κ3) is 2.37. The second-order valence-corrected chi connectivity index (χ2v) is 6.95. The number of nitrogens with zero attached hydrogens (tertiary/aromatic N) is 2. The number of carbonyl (C=O) groups excluding carboxylic acids is 1. The highest BCUT2D eigenvalue weighted by atomic mass is 16.2. The molecule has 0 N–H and O–H groups in total. The predicted molar refractivity (Wildman–Crippen MR) is 93.7 cm³/mol. The third-order valence-electron chi connectivity index (χ3n) is 5.66. The number of aryl methyl sites for hydroxylation is 1. The number of rotatable bonds is 2. The van der Waals surface area contributed by atoms with E-state index in [1.165, 1.54) is 41.4 Å². The Morgan fingerprint density at radius 1 is 1.13 bits per heavy atom. The molecule has 2 aliphatic rings. The van der Waals surface area contributed by atoms with Crippen LogP contribution in [0.3, 0.4) is 0 Å². The highest BCUT2D eigenvalue weighted by Gasteiger charge is 2.34. The maximum absolute atomic E-state index is 13.2. The molecule has 1 aromatic heterocycles. The standard InChI is InChI=1S/C20H26N2O/c1-2-22-17-11-5-4-9-15(17)19-16(10-8-12-18(19)22)20(23)21-13-6-3-7-14-21/h4-5,9,11,16H,2-3,6-8,10,12-14H2,1H3. The van der Waals surface area contributed by atoms with Crippen LogP contribution in [0.5, 0.6) is 0 Å². The monoisotopic (exact) mass is 310 g/mol. The smallest absolute Gasteiger partial charge is 0.230 e. The zero-order valence-corrected chi connectivity index (χ0v) is 14.1. The lowest BCUT2D eigenvalue weighted by atomic mass is 9.83. The van der Waals surface area contributed by atoms with Crippen LogP contribution in [0.2, 0.25) is 0 Å². The fourth-order valence-corrected chi connectivity index (χ4v) is 4.60. The first-order valence-corrected chi connectivity index (χ1v) is 9.20. The lowest BCUT2D eigenvalue weighted by Gasteiger charge is -2.32. The Labute approximate surface area is 138 Å². The molecular formula is C20H26N2O. The molecule has 1 unspecified atom stereocenters. The first kappa shape index (κ1) is 14.8. The van der Waals surface area contributed by atoms with Gasteiger partial charge < -0.3 is 9.47 Å². The number of para-hydroxylation sites is 1. The Hall–Kier alpha value is -1.77. The summed E-state index contributed by atoms with van der Waals surface area (Å²) in [4.78, 5) is 15.3. The van der Waals surface area contributed by atoms with E-state index in [0.717, 1.165) is 38.9 Å². The van der Waals surface area contributed by atoms with Crippen molar-refractivity contribution in [3.63, 3.8) is 0 Å². The van der Waals surface area contributed by atoms with Crippen LogP contribution >= 0.6 is 0 Å². The number of piperidine rings is 1. The zero-order valence-electron chi connectivity index (χ0n) is 14.1. The lowest BCUT2D eigenvalue weighted by molar-refractivity contribution is -0.134. The molecular weight excluding hydrogens is 284 g/mol. The van der Waals surface area contributed by atoms with Crippen molar-refractivity contribution < 1.29 is 4.79 Å². The van der Waals surface area contributed by atoms with Crippen molar-refractivity contribution in [2.75, 3.05) is 13.1 Å². The average Bonchev–Trinajstić information content (AvgIpc) is 2.95. The minimum atomic E-state index is 0.0783. The van der Waals surface area contributed by atoms with Gasteiger partial charge in [0.1, 0.15) is 0 Å². The number of hydrogen-bond acceptors (Lipinski definition) is 1. The molecule has 1 atom stereocenters. The Balaban J connectivity index is 1.80. The molecule has 4 rings (SSSR count). The van der Waals surface area contributed by atoms with E-state index in [1.807, 2.05) is 0 Å². The summed E-state index contributed by atoms with van der Waals surface area (Å²) in [6, 6.07) is 8.64. The van der Waals surface area contributed by atoms with E-state index in [4.69, 9.17) is 0 Å². The van der Waals surface area contributed by atoms with Gasteiger partial charge in [0.15, 0.2) is 0 Å². The third-order valence-corrected chi connectivity index (χ3v) is 5.66. The first-order chi connectivity index (χ1) is 11.3. The second kappa shape index (κ2) is 6.03. The van der Waals surface area contributed by atoms with Gasteiger partial charge in [-0.25, -0.2) is 0 Å². The molecule has 2 aromatic rings. The molecule has 0 saturated carbocycles. The highest BCUT2D eigenvalue weighted by molar-refractivity contribution is 5.94. The number of aromatic nitrogens is 1. The lowest BCUT2D eigenvalue weighted by Crippen LogP contribution is -2.39. The summed E-state index contributed by atoms with van der Waals surface area (Å²) in [6.45, 7) is 5.11. The Morgan fingerprint density at radius 3 is 2.70 bits per heavy atom. The largest absolute Gasteiger partial charge is 0.345 e. The molecule has 1 aliphatic carbocycles. The number of carbonyl (C=O) groups is 1. The average molecular weight is 310 g/mol. The molecule has 122 valence electrons. The molecule has 1 aliphatic heterocycles. The summed E-state index contributed by atoms with van der Waals surface area (Å²) >= 11 is 0. The molecule has 23 heavy (non-hydrogen) atoms. The van der Waals surface area contributed by atoms with E-state index in [2.05, 4.69) is 40.7 Å². The minimum absolute atomic E-state index is 0.0783. The van der Waals surface area contributed by atoms with E-state index in [9.17, 15) is 4.79 Å².